The highest BCUT2D eigenvalue weighted by atomic mass is 35.5. The second-order valence-corrected chi connectivity index (χ2v) is 10.3. The number of hydrogen-bond acceptors (Lipinski definition) is 8. The van der Waals surface area contributed by atoms with Gasteiger partial charge in [-0.2, -0.15) is 23.3 Å². The second kappa shape index (κ2) is 12.2. The van der Waals surface area contributed by atoms with Crippen molar-refractivity contribution in [2.75, 3.05) is 38.2 Å². The van der Waals surface area contributed by atoms with Gasteiger partial charge in [-0.25, -0.2) is 14.1 Å². The van der Waals surface area contributed by atoms with Gasteiger partial charge in [0.1, 0.15) is 5.82 Å². The first-order chi connectivity index (χ1) is 20.4. The van der Waals surface area contributed by atoms with E-state index >= 15 is 0 Å². The van der Waals surface area contributed by atoms with Crippen molar-refractivity contribution in [1.29, 1.82) is 0 Å². The molecule has 0 atom stereocenters. The van der Waals surface area contributed by atoms with Crippen LogP contribution in [0.2, 0.25) is 5.02 Å². The minimum Gasteiger partial charge on any atom is -0.379 e. The maximum atomic E-state index is 13.7. The van der Waals surface area contributed by atoms with Crippen LogP contribution >= 0.6 is 11.6 Å². The molecule has 0 unspecified atom stereocenters. The number of aromatic nitrogens is 5. The molecule has 0 saturated carbocycles. The number of benzene rings is 1. The van der Waals surface area contributed by atoms with Crippen LogP contribution in [0.4, 0.5) is 29.2 Å². The molecule has 1 aliphatic rings. The Balaban J connectivity index is 1.63. The largest absolute Gasteiger partial charge is 0.435 e. The van der Waals surface area contributed by atoms with Crippen molar-refractivity contribution in [1.82, 2.24) is 29.2 Å². The van der Waals surface area contributed by atoms with Gasteiger partial charge in [-0.1, -0.05) is 11.6 Å². The summed E-state index contributed by atoms with van der Waals surface area (Å²) in [6, 6.07) is 6.08. The molecule has 1 N–H and O–H groups in total. The van der Waals surface area contributed by atoms with Crippen LogP contribution in [0.25, 0.3) is 16.9 Å². The fourth-order valence-corrected chi connectivity index (χ4v) is 4.78. The highest BCUT2D eigenvalue weighted by Gasteiger charge is 2.35. The molecule has 1 saturated heterocycles. The predicted molar refractivity (Wildman–Crippen MR) is 151 cm³/mol. The lowest BCUT2D eigenvalue weighted by Crippen LogP contribution is -2.39. The third-order valence-electron chi connectivity index (χ3n) is 6.86. The Labute approximate surface area is 247 Å². The van der Waals surface area contributed by atoms with Crippen LogP contribution in [-0.2, 0) is 17.5 Å². The van der Waals surface area contributed by atoms with Gasteiger partial charge in [0.25, 0.3) is 5.56 Å². The van der Waals surface area contributed by atoms with Crippen molar-refractivity contribution >= 4 is 29.0 Å². The first-order valence-corrected chi connectivity index (χ1v) is 13.6. The molecular formula is C28H26ClF4N7O3. The van der Waals surface area contributed by atoms with Crippen LogP contribution < -0.4 is 10.9 Å². The minimum absolute atomic E-state index is 0.0442. The van der Waals surface area contributed by atoms with E-state index in [-0.39, 0.29) is 40.2 Å². The molecule has 4 heterocycles. The predicted octanol–water partition coefficient (Wildman–Crippen LogP) is 4.89. The van der Waals surface area contributed by atoms with Gasteiger partial charge < -0.3 is 14.6 Å². The van der Waals surface area contributed by atoms with Gasteiger partial charge in [-0.3, -0.25) is 14.5 Å². The molecule has 5 rings (SSSR count). The Morgan fingerprint density at radius 2 is 1.88 bits per heavy atom. The quantitative estimate of drug-likeness (QED) is 0.220. The fraction of sp³-hybridized carbons (Fsp3) is 0.321. The summed E-state index contributed by atoms with van der Waals surface area (Å²) in [4.78, 5) is 36.5. The highest BCUT2D eigenvalue weighted by molar-refractivity contribution is 6.31. The number of hydrogen-bond donors (Lipinski definition) is 1. The van der Waals surface area contributed by atoms with Crippen LogP contribution in [0.3, 0.4) is 0 Å². The molecule has 0 aliphatic carbocycles. The Kier molecular flexibility index (Phi) is 8.62. The smallest absolute Gasteiger partial charge is 0.379 e. The normalized spacial score (nSPS) is 14.2. The van der Waals surface area contributed by atoms with Crippen molar-refractivity contribution in [2.45, 2.75) is 26.6 Å². The first-order valence-electron chi connectivity index (χ1n) is 13.2. The number of pyridine rings is 1. The maximum absolute atomic E-state index is 13.7. The van der Waals surface area contributed by atoms with E-state index in [1.54, 1.807) is 0 Å². The monoisotopic (exact) mass is 619 g/mol. The molecule has 0 amide bonds. The fourth-order valence-electron chi connectivity index (χ4n) is 4.60. The van der Waals surface area contributed by atoms with Crippen molar-refractivity contribution in [3.8, 4) is 16.9 Å². The maximum Gasteiger partial charge on any atom is 0.435 e. The van der Waals surface area contributed by atoms with Gasteiger partial charge in [0, 0.05) is 61.1 Å². The van der Waals surface area contributed by atoms with Crippen LogP contribution in [0.5, 0.6) is 0 Å². The van der Waals surface area contributed by atoms with E-state index in [1.807, 2.05) is 0 Å². The lowest BCUT2D eigenvalue weighted by Gasteiger charge is -2.26. The van der Waals surface area contributed by atoms with E-state index < -0.39 is 29.0 Å². The molecule has 4 aromatic rings. The number of anilines is 2. The Morgan fingerprint density at radius 3 is 2.53 bits per heavy atom. The molecule has 0 bridgehead atoms. The SMILES string of the molecule is CC(=O)c1cc(-c2cnc(Nc3ccc(F)c(Cl)c3)nc2-n2nc(C(F)(F)F)cc2C)cn(CCN2CCOCC2)c1=O. The number of rotatable bonds is 8. The van der Waals surface area contributed by atoms with Gasteiger partial charge in [-0.05, 0) is 44.2 Å². The van der Waals surface area contributed by atoms with E-state index in [4.69, 9.17) is 16.3 Å². The van der Waals surface area contributed by atoms with E-state index in [1.165, 1.54) is 49.0 Å². The lowest BCUT2D eigenvalue weighted by molar-refractivity contribution is -0.141. The van der Waals surface area contributed by atoms with Crippen LogP contribution in [-0.4, -0.2) is 67.8 Å². The summed E-state index contributed by atoms with van der Waals surface area (Å²) in [6.45, 7) is 6.00. The number of carbonyl (C=O) groups excluding carboxylic acids is 1. The Morgan fingerprint density at radius 1 is 1.14 bits per heavy atom. The third-order valence-corrected chi connectivity index (χ3v) is 7.15. The summed E-state index contributed by atoms with van der Waals surface area (Å²) in [6.07, 6.45) is -1.85. The molecule has 226 valence electrons. The number of ether oxygens (including phenoxy) is 1. The number of ketones is 1. The van der Waals surface area contributed by atoms with E-state index in [0.29, 0.717) is 44.1 Å². The number of nitrogens with one attached hydrogen (secondary N) is 1. The number of alkyl halides is 3. The zero-order chi connectivity index (χ0) is 30.9. The summed E-state index contributed by atoms with van der Waals surface area (Å²) >= 11 is 5.88. The summed E-state index contributed by atoms with van der Waals surface area (Å²) in [5, 5.41) is 6.46. The average molecular weight is 620 g/mol. The molecule has 3 aromatic heterocycles. The number of nitrogens with zero attached hydrogens (tertiary/aromatic N) is 6. The second-order valence-electron chi connectivity index (χ2n) is 9.92. The number of carbonyl (C=O) groups is 1. The third kappa shape index (κ3) is 6.76. The Hall–Kier alpha value is -4.14. The summed E-state index contributed by atoms with van der Waals surface area (Å²) in [7, 11) is 0. The topological polar surface area (TPSA) is 107 Å². The molecule has 43 heavy (non-hydrogen) atoms. The van der Waals surface area contributed by atoms with Crippen LogP contribution in [0.1, 0.15) is 28.7 Å². The van der Waals surface area contributed by atoms with Crippen LogP contribution in [0.15, 0.2) is 47.5 Å². The van der Waals surface area contributed by atoms with Gasteiger partial charge in [0.15, 0.2) is 17.3 Å². The molecule has 1 aromatic carbocycles. The summed E-state index contributed by atoms with van der Waals surface area (Å²) < 4.78 is 62.2. The van der Waals surface area contributed by atoms with Gasteiger partial charge in [0.05, 0.1) is 23.8 Å². The summed E-state index contributed by atoms with van der Waals surface area (Å²) in [5.74, 6) is -1.21. The molecule has 0 spiro atoms. The standard InChI is InChI=1S/C28H26ClF4N7O3/c1-16-11-24(28(31,32)33)37-40(16)25-21(14-34-27(36-25)35-19-3-4-23(30)22(29)13-19)18-12-20(17(2)41)26(42)39(15-18)6-5-38-7-9-43-10-8-38/h3-4,11-15H,5-10H2,1-2H3,(H,34,35,36). The minimum atomic E-state index is -4.72. The number of morpholine rings is 1. The summed E-state index contributed by atoms with van der Waals surface area (Å²) in [5.41, 5.74) is -0.736. The van der Waals surface area contributed by atoms with Crippen molar-refractivity contribution < 1.29 is 27.1 Å². The van der Waals surface area contributed by atoms with Gasteiger partial charge in [0.2, 0.25) is 5.95 Å². The average Bonchev–Trinajstić information content (AvgIpc) is 3.37. The van der Waals surface area contributed by atoms with Gasteiger partial charge >= 0.3 is 6.18 Å². The zero-order valence-electron chi connectivity index (χ0n) is 23.1. The zero-order valence-corrected chi connectivity index (χ0v) is 23.8. The number of aryl methyl sites for hydroxylation is 1. The number of halogens is 5. The molecule has 10 nitrogen and oxygen atoms in total. The first kappa shape index (κ1) is 30.3. The number of Topliss-reactive ketones (excluding diaryl/α,β-unsaturated/α-hetero) is 1. The van der Waals surface area contributed by atoms with Crippen molar-refractivity contribution in [2.24, 2.45) is 0 Å². The van der Waals surface area contributed by atoms with Crippen molar-refractivity contribution in [3.05, 3.63) is 80.9 Å². The van der Waals surface area contributed by atoms with E-state index in [2.05, 4.69) is 25.3 Å². The highest BCUT2D eigenvalue weighted by Crippen LogP contribution is 2.32. The lowest BCUT2D eigenvalue weighted by atomic mass is 10.1. The van der Waals surface area contributed by atoms with Crippen molar-refractivity contribution in [3.63, 3.8) is 0 Å². The van der Waals surface area contributed by atoms with E-state index in [0.717, 1.165) is 16.8 Å². The molecule has 15 heteroatoms. The molecule has 0 radical (unpaired) electrons. The van der Waals surface area contributed by atoms with E-state index in [9.17, 15) is 27.2 Å². The van der Waals surface area contributed by atoms with Crippen LogP contribution in [0, 0.1) is 12.7 Å². The van der Waals surface area contributed by atoms with Gasteiger partial charge in [-0.15, -0.1) is 0 Å². The molecule has 1 fully saturated rings. The Bertz CT molecular complexity index is 1730. The molecule has 1 aliphatic heterocycles. The molecular weight excluding hydrogens is 594 g/mol.